The fourth-order valence-electron chi connectivity index (χ4n) is 2.73. The minimum Gasteiger partial charge on any atom is -0.489 e. The van der Waals surface area contributed by atoms with Crippen molar-refractivity contribution in [3.63, 3.8) is 0 Å². The topological polar surface area (TPSA) is 67.0 Å². The van der Waals surface area contributed by atoms with Gasteiger partial charge in [-0.1, -0.05) is 29.8 Å². The van der Waals surface area contributed by atoms with Crippen molar-refractivity contribution in [2.75, 3.05) is 6.54 Å². The van der Waals surface area contributed by atoms with Gasteiger partial charge >= 0.3 is 0 Å². The summed E-state index contributed by atoms with van der Waals surface area (Å²) in [4.78, 5) is 12.3. The molecule has 0 aliphatic heterocycles. The molecular weight excluding hydrogens is 362 g/mol. The van der Waals surface area contributed by atoms with Gasteiger partial charge in [-0.05, 0) is 61.2 Å². The number of aromatic amines is 1. The van der Waals surface area contributed by atoms with Crippen molar-refractivity contribution < 1.29 is 9.53 Å². The fraction of sp³-hybridized carbons (Fsp3) is 0.238. The molecule has 2 N–H and O–H groups in total. The Hall–Kier alpha value is -2.79. The third kappa shape index (κ3) is 5.59. The number of nitrogens with one attached hydrogen (secondary N) is 2. The Morgan fingerprint density at radius 1 is 1.22 bits per heavy atom. The van der Waals surface area contributed by atoms with E-state index in [9.17, 15) is 4.79 Å². The Morgan fingerprint density at radius 3 is 2.85 bits per heavy atom. The molecule has 0 aliphatic carbocycles. The predicted molar refractivity (Wildman–Crippen MR) is 106 cm³/mol. The summed E-state index contributed by atoms with van der Waals surface area (Å²) < 4.78 is 5.78. The summed E-state index contributed by atoms with van der Waals surface area (Å²) in [6.45, 7) is 3.00. The molecule has 0 saturated carbocycles. The van der Waals surface area contributed by atoms with Crippen LogP contribution in [0.15, 0.2) is 54.7 Å². The quantitative estimate of drug-likeness (QED) is 0.569. The van der Waals surface area contributed by atoms with Crippen molar-refractivity contribution >= 4 is 17.5 Å². The van der Waals surface area contributed by atoms with E-state index < -0.39 is 0 Å². The van der Waals surface area contributed by atoms with Gasteiger partial charge in [-0.15, -0.1) is 0 Å². The highest BCUT2D eigenvalue weighted by Crippen LogP contribution is 2.17. The van der Waals surface area contributed by atoms with Gasteiger partial charge in [0.15, 0.2) is 0 Å². The predicted octanol–water partition coefficient (Wildman–Crippen LogP) is 4.31. The van der Waals surface area contributed by atoms with E-state index in [2.05, 4.69) is 15.5 Å². The van der Waals surface area contributed by atoms with Crippen LogP contribution in [0.4, 0.5) is 0 Å². The van der Waals surface area contributed by atoms with Crippen LogP contribution >= 0.6 is 11.6 Å². The zero-order valence-electron chi connectivity index (χ0n) is 15.2. The highest BCUT2D eigenvalue weighted by molar-refractivity contribution is 6.30. The molecule has 0 saturated heterocycles. The minimum atomic E-state index is -0.105. The molecule has 6 heteroatoms. The van der Waals surface area contributed by atoms with Gasteiger partial charge in [0.1, 0.15) is 12.4 Å². The first-order valence-electron chi connectivity index (χ1n) is 8.86. The molecule has 27 heavy (non-hydrogen) atoms. The van der Waals surface area contributed by atoms with Gasteiger partial charge in [-0.25, -0.2) is 0 Å². The zero-order chi connectivity index (χ0) is 19.1. The number of nitrogens with zero attached hydrogens (tertiary/aromatic N) is 1. The molecule has 0 spiro atoms. The first kappa shape index (κ1) is 19.0. The molecule has 0 aliphatic rings. The molecule has 1 heterocycles. The Bertz CT molecular complexity index is 908. The normalized spacial score (nSPS) is 10.6. The number of aryl methyl sites for hydroxylation is 2. The molecule has 0 fully saturated rings. The number of aromatic nitrogens is 2. The molecular formula is C21H22ClN3O2. The van der Waals surface area contributed by atoms with Crippen molar-refractivity contribution in [2.45, 2.75) is 26.4 Å². The van der Waals surface area contributed by atoms with E-state index in [1.54, 1.807) is 12.1 Å². The number of ether oxygens (including phenoxy) is 1. The van der Waals surface area contributed by atoms with Crippen molar-refractivity contribution in [3.05, 3.63) is 82.1 Å². The number of carbonyl (C=O) groups excluding carboxylic acids is 1. The van der Waals surface area contributed by atoms with E-state index in [4.69, 9.17) is 16.3 Å². The van der Waals surface area contributed by atoms with Crippen molar-refractivity contribution in [3.8, 4) is 5.75 Å². The molecule has 2 aromatic carbocycles. The lowest BCUT2D eigenvalue weighted by atomic mass is 10.1. The average Bonchev–Trinajstić information content (AvgIpc) is 3.08. The van der Waals surface area contributed by atoms with Crippen LogP contribution < -0.4 is 10.1 Å². The fourth-order valence-corrected chi connectivity index (χ4v) is 2.94. The summed E-state index contributed by atoms with van der Waals surface area (Å²) in [6, 6.07) is 14.7. The number of hydrogen-bond donors (Lipinski definition) is 2. The van der Waals surface area contributed by atoms with E-state index in [1.807, 2.05) is 49.5 Å². The molecule has 3 rings (SSSR count). The van der Waals surface area contributed by atoms with Gasteiger partial charge in [0.05, 0.1) is 6.20 Å². The molecule has 140 valence electrons. The monoisotopic (exact) mass is 383 g/mol. The summed E-state index contributed by atoms with van der Waals surface area (Å²) in [6.07, 6.45) is 3.57. The largest absolute Gasteiger partial charge is 0.489 e. The first-order chi connectivity index (χ1) is 13.1. The Balaban J connectivity index is 1.48. The van der Waals surface area contributed by atoms with E-state index >= 15 is 0 Å². The lowest BCUT2D eigenvalue weighted by molar-refractivity contribution is 0.0952. The Kier molecular flexibility index (Phi) is 6.49. The van der Waals surface area contributed by atoms with Crippen molar-refractivity contribution in [2.24, 2.45) is 0 Å². The van der Waals surface area contributed by atoms with E-state index in [-0.39, 0.29) is 5.91 Å². The van der Waals surface area contributed by atoms with E-state index in [0.717, 1.165) is 24.1 Å². The van der Waals surface area contributed by atoms with Crippen LogP contribution in [-0.2, 0) is 13.0 Å². The summed E-state index contributed by atoms with van der Waals surface area (Å²) in [7, 11) is 0. The lowest BCUT2D eigenvalue weighted by Gasteiger charge is -2.09. The second-order valence-corrected chi connectivity index (χ2v) is 6.76. The SMILES string of the molecule is Cc1[nH]ncc1CCCNC(=O)c1cccc(OCc2cccc(Cl)c2)c1. The molecule has 0 unspecified atom stereocenters. The van der Waals surface area contributed by atoms with Crippen LogP contribution in [0.25, 0.3) is 0 Å². The Labute approximate surface area is 163 Å². The zero-order valence-corrected chi connectivity index (χ0v) is 15.9. The molecule has 0 atom stereocenters. The number of H-pyrrole nitrogens is 1. The maximum atomic E-state index is 12.3. The van der Waals surface area contributed by atoms with Gasteiger partial charge in [0, 0.05) is 22.8 Å². The second-order valence-electron chi connectivity index (χ2n) is 6.33. The lowest BCUT2D eigenvalue weighted by Crippen LogP contribution is -2.24. The highest BCUT2D eigenvalue weighted by Gasteiger charge is 2.07. The van der Waals surface area contributed by atoms with Crippen LogP contribution in [0, 0.1) is 6.92 Å². The number of benzene rings is 2. The number of rotatable bonds is 8. The van der Waals surface area contributed by atoms with Crippen LogP contribution in [0.1, 0.15) is 33.6 Å². The molecule has 0 bridgehead atoms. The van der Waals surface area contributed by atoms with Crippen LogP contribution in [0.2, 0.25) is 5.02 Å². The molecule has 1 aromatic heterocycles. The van der Waals surface area contributed by atoms with E-state index in [0.29, 0.717) is 29.5 Å². The second kappa shape index (κ2) is 9.24. The van der Waals surface area contributed by atoms with Crippen LogP contribution in [0.5, 0.6) is 5.75 Å². The van der Waals surface area contributed by atoms with Crippen molar-refractivity contribution in [1.82, 2.24) is 15.5 Å². The Morgan fingerprint density at radius 2 is 2.07 bits per heavy atom. The first-order valence-corrected chi connectivity index (χ1v) is 9.24. The van der Waals surface area contributed by atoms with Crippen LogP contribution in [-0.4, -0.2) is 22.6 Å². The number of halogens is 1. The number of amides is 1. The van der Waals surface area contributed by atoms with Gasteiger partial charge in [0.25, 0.3) is 5.91 Å². The third-order valence-corrected chi connectivity index (χ3v) is 4.47. The summed E-state index contributed by atoms with van der Waals surface area (Å²) in [5, 5.41) is 10.5. The smallest absolute Gasteiger partial charge is 0.251 e. The van der Waals surface area contributed by atoms with E-state index in [1.165, 1.54) is 5.56 Å². The molecule has 5 nitrogen and oxygen atoms in total. The van der Waals surface area contributed by atoms with Gasteiger partial charge in [-0.2, -0.15) is 5.10 Å². The van der Waals surface area contributed by atoms with Gasteiger partial charge in [-0.3, -0.25) is 9.89 Å². The average molecular weight is 384 g/mol. The summed E-state index contributed by atoms with van der Waals surface area (Å²) in [5.41, 5.74) is 3.82. The number of hydrogen-bond acceptors (Lipinski definition) is 3. The van der Waals surface area contributed by atoms with Gasteiger partial charge < -0.3 is 10.1 Å². The van der Waals surface area contributed by atoms with Crippen LogP contribution in [0.3, 0.4) is 0 Å². The van der Waals surface area contributed by atoms with Crippen molar-refractivity contribution in [1.29, 1.82) is 0 Å². The highest BCUT2D eigenvalue weighted by atomic mass is 35.5. The third-order valence-electron chi connectivity index (χ3n) is 4.23. The standard InChI is InChI=1S/C21H22ClN3O2/c1-15-18(13-24-25-15)7-4-10-23-21(26)17-6-3-9-20(12-17)27-14-16-5-2-8-19(22)11-16/h2-3,5-6,8-9,11-13H,4,7,10,14H2,1H3,(H,23,26)(H,24,25). The maximum Gasteiger partial charge on any atom is 0.251 e. The maximum absolute atomic E-state index is 12.3. The molecule has 0 radical (unpaired) electrons. The molecule has 3 aromatic rings. The minimum absolute atomic E-state index is 0.105. The summed E-state index contributed by atoms with van der Waals surface area (Å²) in [5.74, 6) is 0.545. The summed E-state index contributed by atoms with van der Waals surface area (Å²) >= 11 is 5.98. The van der Waals surface area contributed by atoms with Gasteiger partial charge in [0.2, 0.25) is 0 Å². The molecule has 1 amide bonds. The number of carbonyl (C=O) groups is 1.